The van der Waals surface area contributed by atoms with Gasteiger partial charge in [-0.1, -0.05) is 30.3 Å². The van der Waals surface area contributed by atoms with Crippen molar-refractivity contribution in [3.8, 4) is 0 Å². The van der Waals surface area contributed by atoms with Crippen LogP contribution in [0.5, 0.6) is 0 Å². The van der Waals surface area contributed by atoms with Crippen molar-refractivity contribution in [1.82, 2.24) is 15.1 Å². The first kappa shape index (κ1) is 18.2. The molecule has 0 bridgehead atoms. The first-order valence-corrected chi connectivity index (χ1v) is 9.43. The van der Waals surface area contributed by atoms with Crippen LogP contribution in [-0.2, 0) is 10.2 Å². The van der Waals surface area contributed by atoms with Gasteiger partial charge >= 0.3 is 6.03 Å². The average molecular weight is 345 g/mol. The van der Waals surface area contributed by atoms with E-state index in [1.165, 1.54) is 5.56 Å². The lowest BCUT2D eigenvalue weighted by molar-refractivity contribution is 0.0521. The molecular weight excluding hydrogens is 314 g/mol. The maximum absolute atomic E-state index is 12.7. The molecule has 2 fully saturated rings. The molecule has 5 heteroatoms. The number of urea groups is 1. The molecule has 5 nitrogen and oxygen atoms in total. The van der Waals surface area contributed by atoms with Crippen molar-refractivity contribution in [1.29, 1.82) is 0 Å². The molecule has 0 saturated carbocycles. The van der Waals surface area contributed by atoms with Crippen molar-refractivity contribution in [3.05, 3.63) is 35.9 Å². The average Bonchev–Trinajstić information content (AvgIpc) is 2.68. The Hall–Kier alpha value is -1.59. The summed E-state index contributed by atoms with van der Waals surface area (Å²) in [6.07, 6.45) is 4.01. The van der Waals surface area contributed by atoms with Gasteiger partial charge in [-0.15, -0.1) is 0 Å². The summed E-state index contributed by atoms with van der Waals surface area (Å²) in [6, 6.07) is 11.0. The zero-order valence-electron chi connectivity index (χ0n) is 15.5. The van der Waals surface area contributed by atoms with Crippen molar-refractivity contribution in [2.45, 2.75) is 37.1 Å². The van der Waals surface area contributed by atoms with Crippen LogP contribution in [0.3, 0.4) is 0 Å². The molecule has 2 amide bonds. The van der Waals surface area contributed by atoms with E-state index in [0.29, 0.717) is 12.6 Å². The highest BCUT2D eigenvalue weighted by Crippen LogP contribution is 2.34. The van der Waals surface area contributed by atoms with Crippen LogP contribution >= 0.6 is 0 Å². The Labute approximate surface area is 151 Å². The third kappa shape index (κ3) is 4.33. The number of likely N-dealkylation sites (tertiary alicyclic amines) is 1. The largest absolute Gasteiger partial charge is 0.381 e. The second kappa shape index (κ2) is 8.19. The van der Waals surface area contributed by atoms with E-state index in [9.17, 15) is 4.79 Å². The molecule has 2 aliphatic heterocycles. The summed E-state index contributed by atoms with van der Waals surface area (Å²) >= 11 is 0. The number of nitrogens with one attached hydrogen (secondary N) is 1. The third-order valence-corrected chi connectivity index (χ3v) is 5.97. The third-order valence-electron chi connectivity index (χ3n) is 5.97. The number of hydrogen-bond donors (Lipinski definition) is 1. The van der Waals surface area contributed by atoms with Gasteiger partial charge in [-0.2, -0.15) is 0 Å². The molecule has 2 aliphatic rings. The van der Waals surface area contributed by atoms with E-state index in [1.54, 1.807) is 0 Å². The van der Waals surface area contributed by atoms with Gasteiger partial charge in [0, 0.05) is 38.3 Å². The van der Waals surface area contributed by atoms with E-state index >= 15 is 0 Å². The Kier molecular flexibility index (Phi) is 5.97. The van der Waals surface area contributed by atoms with Gasteiger partial charge < -0.3 is 19.9 Å². The molecular formula is C20H31N3O2. The maximum Gasteiger partial charge on any atom is 0.317 e. The van der Waals surface area contributed by atoms with Gasteiger partial charge in [0.05, 0.1) is 0 Å². The fourth-order valence-corrected chi connectivity index (χ4v) is 4.01. The number of benzene rings is 1. The number of carbonyl (C=O) groups excluding carboxylic acids is 1. The van der Waals surface area contributed by atoms with E-state index in [2.05, 4.69) is 47.6 Å². The van der Waals surface area contributed by atoms with Gasteiger partial charge in [-0.05, 0) is 51.4 Å². The van der Waals surface area contributed by atoms with Crippen LogP contribution in [-0.4, -0.2) is 68.8 Å². The van der Waals surface area contributed by atoms with E-state index < -0.39 is 0 Å². The molecule has 3 rings (SSSR count). The summed E-state index contributed by atoms with van der Waals surface area (Å²) in [6.45, 7) is 4.35. The predicted octanol–water partition coefficient (Wildman–Crippen LogP) is 2.47. The quantitative estimate of drug-likeness (QED) is 0.912. The zero-order chi connectivity index (χ0) is 17.7. The topological polar surface area (TPSA) is 44.8 Å². The zero-order valence-corrected chi connectivity index (χ0v) is 15.5. The first-order valence-electron chi connectivity index (χ1n) is 9.43. The van der Waals surface area contributed by atoms with Crippen molar-refractivity contribution in [2.24, 2.45) is 0 Å². The summed E-state index contributed by atoms with van der Waals surface area (Å²) in [5.74, 6) is 0. The van der Waals surface area contributed by atoms with Gasteiger partial charge in [0.25, 0.3) is 0 Å². The summed E-state index contributed by atoms with van der Waals surface area (Å²) in [5.41, 5.74) is 1.39. The van der Waals surface area contributed by atoms with Crippen LogP contribution in [0.1, 0.15) is 31.2 Å². The second-order valence-electron chi connectivity index (χ2n) is 7.56. The van der Waals surface area contributed by atoms with Gasteiger partial charge in [0.1, 0.15) is 0 Å². The lowest BCUT2D eigenvalue weighted by Crippen LogP contribution is -2.52. The minimum absolute atomic E-state index is 0.0416. The second-order valence-corrected chi connectivity index (χ2v) is 7.56. The lowest BCUT2D eigenvalue weighted by Gasteiger charge is -2.42. The molecule has 0 spiro atoms. The molecule has 25 heavy (non-hydrogen) atoms. The van der Waals surface area contributed by atoms with Crippen LogP contribution in [0.15, 0.2) is 30.3 Å². The Morgan fingerprint density at radius 2 is 1.88 bits per heavy atom. The highest BCUT2D eigenvalue weighted by Gasteiger charge is 2.36. The molecule has 1 N–H and O–H groups in total. The molecule has 2 heterocycles. The van der Waals surface area contributed by atoms with Crippen molar-refractivity contribution >= 4 is 6.03 Å². The van der Waals surface area contributed by atoms with Crippen LogP contribution in [0.4, 0.5) is 4.79 Å². The maximum atomic E-state index is 12.7. The van der Waals surface area contributed by atoms with E-state index in [4.69, 9.17) is 4.74 Å². The number of piperidine rings is 1. The van der Waals surface area contributed by atoms with Crippen LogP contribution in [0.25, 0.3) is 0 Å². The van der Waals surface area contributed by atoms with Gasteiger partial charge in [0.15, 0.2) is 0 Å². The monoisotopic (exact) mass is 345 g/mol. The van der Waals surface area contributed by atoms with Crippen LogP contribution in [0.2, 0.25) is 0 Å². The number of amides is 2. The number of carbonyl (C=O) groups is 1. The molecule has 138 valence electrons. The number of ether oxygens (including phenoxy) is 1. The molecule has 1 aromatic rings. The number of hydrogen-bond acceptors (Lipinski definition) is 3. The SMILES string of the molecule is CN1CCC(CNC(=O)N(C)C2CCOCC2)(c2ccccc2)CC1. The smallest absolute Gasteiger partial charge is 0.317 e. The van der Waals surface area contributed by atoms with Crippen molar-refractivity contribution < 1.29 is 9.53 Å². The molecule has 0 aliphatic carbocycles. The minimum Gasteiger partial charge on any atom is -0.381 e. The van der Waals surface area contributed by atoms with Gasteiger partial charge in [0.2, 0.25) is 0 Å². The van der Waals surface area contributed by atoms with Crippen LogP contribution < -0.4 is 5.32 Å². The molecule has 0 atom stereocenters. The molecule has 1 aromatic carbocycles. The lowest BCUT2D eigenvalue weighted by atomic mass is 9.72. The Bertz CT molecular complexity index is 549. The summed E-state index contributed by atoms with van der Waals surface area (Å²) in [5, 5.41) is 3.23. The Balaban J connectivity index is 1.65. The predicted molar refractivity (Wildman–Crippen MR) is 99.9 cm³/mol. The van der Waals surface area contributed by atoms with E-state index in [-0.39, 0.29) is 11.4 Å². The summed E-state index contributed by atoms with van der Waals surface area (Å²) in [4.78, 5) is 16.9. The van der Waals surface area contributed by atoms with Gasteiger partial charge in [-0.3, -0.25) is 0 Å². The summed E-state index contributed by atoms with van der Waals surface area (Å²) in [7, 11) is 4.08. The van der Waals surface area contributed by atoms with E-state index in [0.717, 1.165) is 52.0 Å². The Morgan fingerprint density at radius 1 is 1.24 bits per heavy atom. The number of rotatable bonds is 4. The standard InChI is InChI=1S/C20H31N3O2/c1-22-12-10-20(11-13-22,17-6-4-3-5-7-17)16-21-19(24)23(2)18-8-14-25-15-9-18/h3-7,18H,8-16H2,1-2H3,(H,21,24). The van der Waals surface area contributed by atoms with Gasteiger partial charge in [-0.25, -0.2) is 4.79 Å². The van der Waals surface area contributed by atoms with E-state index in [1.807, 2.05) is 11.9 Å². The molecule has 0 aromatic heterocycles. The highest BCUT2D eigenvalue weighted by molar-refractivity contribution is 5.74. The van der Waals surface area contributed by atoms with Crippen molar-refractivity contribution in [3.63, 3.8) is 0 Å². The summed E-state index contributed by atoms with van der Waals surface area (Å²) < 4.78 is 5.41. The normalized spacial score (nSPS) is 21.7. The molecule has 2 saturated heterocycles. The first-order chi connectivity index (χ1) is 12.1. The highest BCUT2D eigenvalue weighted by atomic mass is 16.5. The fourth-order valence-electron chi connectivity index (χ4n) is 4.01. The van der Waals surface area contributed by atoms with Crippen molar-refractivity contribution in [2.75, 3.05) is 46.9 Å². The minimum atomic E-state index is 0.0416. The fraction of sp³-hybridized carbons (Fsp3) is 0.650. The molecule has 0 unspecified atom stereocenters. The number of nitrogens with zero attached hydrogens (tertiary/aromatic N) is 2. The Morgan fingerprint density at radius 3 is 2.52 bits per heavy atom. The van der Waals surface area contributed by atoms with Crippen LogP contribution in [0, 0.1) is 0 Å². The molecule has 0 radical (unpaired) electrons.